The lowest BCUT2D eigenvalue weighted by Gasteiger charge is -2.13. The molecule has 2 atom stereocenters. The smallest absolute Gasteiger partial charge is 0.319 e. The van der Waals surface area contributed by atoms with Crippen molar-refractivity contribution in [1.29, 1.82) is 0 Å². The monoisotopic (exact) mass is 314 g/mol. The number of thioether (sulfide) groups is 2. The van der Waals surface area contributed by atoms with E-state index in [1.165, 1.54) is 16.3 Å². The maximum atomic E-state index is 12.3. The third kappa shape index (κ3) is 3.03. The summed E-state index contributed by atoms with van der Waals surface area (Å²) in [7, 11) is 1.69. The number of hydrogen-bond donors (Lipinski definition) is 0. The van der Waals surface area contributed by atoms with Crippen LogP contribution in [0.25, 0.3) is 0 Å². The van der Waals surface area contributed by atoms with Crippen LogP contribution in [0.5, 0.6) is 0 Å². The van der Waals surface area contributed by atoms with Crippen LogP contribution in [-0.2, 0) is 23.0 Å². The zero-order valence-corrected chi connectivity index (χ0v) is 13.6. The molecule has 7 heteroatoms. The van der Waals surface area contributed by atoms with Crippen molar-refractivity contribution in [3.8, 4) is 0 Å². The van der Waals surface area contributed by atoms with Crippen molar-refractivity contribution in [2.45, 2.75) is 47.7 Å². The Morgan fingerprint density at radius 2 is 2.35 bits per heavy atom. The van der Waals surface area contributed by atoms with Crippen molar-refractivity contribution >= 4 is 29.5 Å². The van der Waals surface area contributed by atoms with Gasteiger partial charge in [0.25, 0.3) is 5.56 Å². The normalized spacial score (nSPS) is 18.7. The molecule has 1 aliphatic heterocycles. The van der Waals surface area contributed by atoms with Gasteiger partial charge in [-0.2, -0.15) is 0 Å². The molecule has 0 bridgehead atoms. The van der Waals surface area contributed by atoms with Gasteiger partial charge in [-0.1, -0.05) is 18.7 Å². The molecule has 0 amide bonds. The fourth-order valence-corrected chi connectivity index (χ4v) is 3.98. The molecule has 0 unspecified atom stereocenters. The molecule has 1 aliphatic rings. The van der Waals surface area contributed by atoms with E-state index < -0.39 is 0 Å². The van der Waals surface area contributed by atoms with Crippen LogP contribution >= 0.6 is 23.5 Å². The molecule has 20 heavy (non-hydrogen) atoms. The summed E-state index contributed by atoms with van der Waals surface area (Å²) in [6, 6.07) is 0. The van der Waals surface area contributed by atoms with Gasteiger partial charge >= 0.3 is 5.97 Å². The largest absolute Gasteiger partial charge is 0.465 e. The van der Waals surface area contributed by atoms with E-state index in [0.717, 1.165) is 17.0 Å². The van der Waals surface area contributed by atoms with E-state index in [2.05, 4.69) is 11.9 Å². The Bertz CT molecular complexity index is 586. The molecule has 5 nitrogen and oxygen atoms in total. The zero-order chi connectivity index (χ0) is 14.9. The molecular formula is C13H18N2O3S2. The minimum atomic E-state index is -0.377. The highest BCUT2D eigenvalue weighted by Gasteiger charge is 2.26. The Morgan fingerprint density at radius 3 is 3.00 bits per heavy atom. The van der Waals surface area contributed by atoms with Crippen LogP contribution < -0.4 is 5.56 Å². The highest BCUT2D eigenvalue weighted by molar-refractivity contribution is 8.00. The van der Waals surface area contributed by atoms with Crippen LogP contribution in [-0.4, -0.2) is 32.6 Å². The topological polar surface area (TPSA) is 61.2 Å². The average molecular weight is 314 g/mol. The van der Waals surface area contributed by atoms with Gasteiger partial charge in [0, 0.05) is 18.7 Å². The molecule has 0 N–H and O–H groups in total. The summed E-state index contributed by atoms with van der Waals surface area (Å²) < 4.78 is 6.49. The summed E-state index contributed by atoms with van der Waals surface area (Å²) >= 11 is 2.84. The molecule has 0 spiro atoms. The zero-order valence-electron chi connectivity index (χ0n) is 12.0. The molecular weight excluding hydrogens is 296 g/mol. The van der Waals surface area contributed by atoms with Crippen molar-refractivity contribution < 1.29 is 9.53 Å². The van der Waals surface area contributed by atoms with E-state index in [-0.39, 0.29) is 16.8 Å². The predicted octanol–water partition coefficient (Wildman–Crippen LogP) is 1.86. The Balaban J connectivity index is 2.26. The van der Waals surface area contributed by atoms with Crippen molar-refractivity contribution in [2.75, 3.05) is 6.61 Å². The highest BCUT2D eigenvalue weighted by atomic mass is 32.2. The van der Waals surface area contributed by atoms with E-state index in [4.69, 9.17) is 4.74 Å². The number of hydrogen-bond acceptors (Lipinski definition) is 6. The SMILES string of the molecule is CCOC(=O)[C@H](C)Sc1nc2c(c(=O)n1C)S[C@@H](C)C2. The number of esters is 1. The van der Waals surface area contributed by atoms with Crippen molar-refractivity contribution in [3.05, 3.63) is 16.0 Å². The van der Waals surface area contributed by atoms with Gasteiger partial charge in [-0.15, -0.1) is 11.8 Å². The number of carbonyl (C=O) groups is 1. The van der Waals surface area contributed by atoms with Gasteiger partial charge in [-0.05, 0) is 13.8 Å². The number of rotatable bonds is 4. The summed E-state index contributed by atoms with van der Waals surface area (Å²) in [5.74, 6) is -0.282. The van der Waals surface area contributed by atoms with Crippen molar-refractivity contribution in [2.24, 2.45) is 7.05 Å². The van der Waals surface area contributed by atoms with Crippen LogP contribution in [0.1, 0.15) is 26.5 Å². The minimum absolute atomic E-state index is 0.0251. The molecule has 0 saturated heterocycles. The summed E-state index contributed by atoms with van der Waals surface area (Å²) in [6.07, 6.45) is 0.803. The number of carbonyl (C=O) groups excluding carboxylic acids is 1. The third-order valence-electron chi connectivity index (χ3n) is 2.98. The van der Waals surface area contributed by atoms with Gasteiger partial charge in [-0.25, -0.2) is 4.98 Å². The van der Waals surface area contributed by atoms with E-state index in [0.29, 0.717) is 17.0 Å². The van der Waals surface area contributed by atoms with Gasteiger partial charge in [0.2, 0.25) is 0 Å². The van der Waals surface area contributed by atoms with Crippen molar-refractivity contribution in [1.82, 2.24) is 9.55 Å². The molecule has 0 fully saturated rings. The standard InChI is InChI=1S/C13H18N2O3S2/c1-5-18-12(17)8(3)20-13-14-9-6-7(2)19-10(9)11(16)15(13)4/h7-8H,5-6H2,1-4H3/t7-,8-/m0/s1. The number of nitrogens with zero attached hydrogens (tertiary/aromatic N) is 2. The molecule has 1 aromatic heterocycles. The summed E-state index contributed by atoms with van der Waals surface area (Å²) in [4.78, 5) is 29.2. The lowest BCUT2D eigenvalue weighted by molar-refractivity contribution is -0.142. The minimum Gasteiger partial charge on any atom is -0.465 e. The maximum absolute atomic E-state index is 12.3. The van der Waals surface area contributed by atoms with Crippen LogP contribution in [0.15, 0.2) is 14.8 Å². The number of ether oxygens (including phenoxy) is 1. The molecule has 1 aromatic rings. The Hall–Kier alpha value is -0.950. The van der Waals surface area contributed by atoms with Gasteiger partial charge in [-0.3, -0.25) is 14.2 Å². The van der Waals surface area contributed by atoms with E-state index in [9.17, 15) is 9.59 Å². The van der Waals surface area contributed by atoms with Crippen LogP contribution in [0, 0.1) is 0 Å². The fourth-order valence-electron chi connectivity index (χ4n) is 1.95. The number of aromatic nitrogens is 2. The molecule has 0 saturated carbocycles. The fraction of sp³-hybridized carbons (Fsp3) is 0.615. The van der Waals surface area contributed by atoms with E-state index in [1.54, 1.807) is 32.7 Å². The Labute approximate surface area is 126 Å². The number of fused-ring (bicyclic) bond motifs is 1. The van der Waals surface area contributed by atoms with E-state index >= 15 is 0 Å². The van der Waals surface area contributed by atoms with Gasteiger partial charge in [0.15, 0.2) is 5.16 Å². The molecule has 0 radical (unpaired) electrons. The second-order valence-electron chi connectivity index (χ2n) is 4.68. The van der Waals surface area contributed by atoms with Crippen molar-refractivity contribution in [3.63, 3.8) is 0 Å². The molecule has 2 rings (SSSR count). The van der Waals surface area contributed by atoms with Crippen LogP contribution in [0.2, 0.25) is 0 Å². The quantitative estimate of drug-likeness (QED) is 0.480. The summed E-state index contributed by atoms with van der Waals surface area (Å²) in [5.41, 5.74) is 0.826. The van der Waals surface area contributed by atoms with Gasteiger partial charge < -0.3 is 4.74 Å². The lowest BCUT2D eigenvalue weighted by Crippen LogP contribution is -2.24. The maximum Gasteiger partial charge on any atom is 0.319 e. The highest BCUT2D eigenvalue weighted by Crippen LogP contribution is 2.34. The van der Waals surface area contributed by atoms with Gasteiger partial charge in [0.1, 0.15) is 5.25 Å². The lowest BCUT2D eigenvalue weighted by atomic mass is 10.2. The first-order valence-electron chi connectivity index (χ1n) is 6.53. The molecule has 110 valence electrons. The van der Waals surface area contributed by atoms with Crippen LogP contribution in [0.4, 0.5) is 0 Å². The molecule has 2 heterocycles. The first kappa shape index (κ1) is 15.4. The predicted molar refractivity (Wildman–Crippen MR) is 80.5 cm³/mol. The van der Waals surface area contributed by atoms with E-state index in [1.807, 2.05) is 0 Å². The Kier molecular flexibility index (Phi) is 4.80. The van der Waals surface area contributed by atoms with Crippen LogP contribution in [0.3, 0.4) is 0 Å². The molecule has 0 aliphatic carbocycles. The first-order chi connectivity index (χ1) is 9.43. The second-order valence-corrected chi connectivity index (χ2v) is 7.44. The summed E-state index contributed by atoms with van der Waals surface area (Å²) in [6.45, 7) is 5.98. The second kappa shape index (κ2) is 6.22. The third-order valence-corrected chi connectivity index (χ3v) is 5.32. The Morgan fingerprint density at radius 1 is 1.65 bits per heavy atom. The molecule has 0 aromatic carbocycles. The summed E-state index contributed by atoms with van der Waals surface area (Å²) in [5, 5.41) is 0.578. The average Bonchev–Trinajstić information content (AvgIpc) is 2.76. The van der Waals surface area contributed by atoms with Gasteiger partial charge in [0.05, 0.1) is 17.2 Å². The first-order valence-corrected chi connectivity index (χ1v) is 8.29.